The first-order chi connectivity index (χ1) is 7.75. The van der Waals surface area contributed by atoms with E-state index in [-0.39, 0.29) is 0 Å². The zero-order valence-electron chi connectivity index (χ0n) is 9.83. The van der Waals surface area contributed by atoms with Gasteiger partial charge in [0.2, 0.25) is 0 Å². The van der Waals surface area contributed by atoms with Crippen molar-refractivity contribution in [3.8, 4) is 0 Å². The van der Waals surface area contributed by atoms with E-state index in [9.17, 15) is 0 Å². The fourth-order valence-corrected chi connectivity index (χ4v) is 2.65. The highest BCUT2D eigenvalue weighted by molar-refractivity contribution is 5.80. The monoisotopic (exact) mass is 215 g/mol. The van der Waals surface area contributed by atoms with E-state index in [2.05, 4.69) is 35.0 Å². The van der Waals surface area contributed by atoms with Crippen molar-refractivity contribution in [1.82, 2.24) is 14.9 Å². The standard InChI is InChI=1S/C13H17N3/c1-16(2)9-5-6-11-10(8-9)13-12(15-11)4-3-7-14-13/h3-4,7,9,15H,5-6,8H2,1-2H3/t9-/m0/s1. The van der Waals surface area contributed by atoms with Crippen molar-refractivity contribution in [3.05, 3.63) is 29.6 Å². The Morgan fingerprint density at radius 3 is 3.12 bits per heavy atom. The quantitative estimate of drug-likeness (QED) is 0.789. The minimum absolute atomic E-state index is 0.661. The van der Waals surface area contributed by atoms with Crippen molar-refractivity contribution in [2.24, 2.45) is 0 Å². The summed E-state index contributed by atoms with van der Waals surface area (Å²) in [7, 11) is 4.33. The van der Waals surface area contributed by atoms with Gasteiger partial charge in [-0.15, -0.1) is 0 Å². The van der Waals surface area contributed by atoms with Gasteiger partial charge in [-0.3, -0.25) is 4.98 Å². The number of aromatic amines is 1. The number of pyridine rings is 1. The predicted molar refractivity (Wildman–Crippen MR) is 65.6 cm³/mol. The summed E-state index contributed by atoms with van der Waals surface area (Å²) >= 11 is 0. The van der Waals surface area contributed by atoms with Gasteiger partial charge < -0.3 is 9.88 Å². The summed E-state index contributed by atoms with van der Waals surface area (Å²) in [6.07, 6.45) is 5.40. The molecule has 1 aliphatic rings. The minimum Gasteiger partial charge on any atom is -0.357 e. The van der Waals surface area contributed by atoms with Crippen LogP contribution in [0.2, 0.25) is 0 Å². The second kappa shape index (κ2) is 3.59. The Bertz CT molecular complexity index is 513. The Morgan fingerprint density at radius 2 is 2.31 bits per heavy atom. The molecular weight excluding hydrogens is 198 g/mol. The molecule has 2 aromatic heterocycles. The molecule has 16 heavy (non-hydrogen) atoms. The normalized spacial score (nSPS) is 20.3. The average Bonchev–Trinajstić information content (AvgIpc) is 2.66. The van der Waals surface area contributed by atoms with Crippen LogP contribution in [-0.4, -0.2) is 35.0 Å². The molecule has 0 radical (unpaired) electrons. The summed E-state index contributed by atoms with van der Waals surface area (Å²) in [5, 5.41) is 0. The number of nitrogens with zero attached hydrogens (tertiary/aromatic N) is 2. The van der Waals surface area contributed by atoms with Gasteiger partial charge in [0.25, 0.3) is 0 Å². The molecule has 0 saturated carbocycles. The zero-order chi connectivity index (χ0) is 11.1. The summed E-state index contributed by atoms with van der Waals surface area (Å²) in [5.74, 6) is 0. The maximum absolute atomic E-state index is 4.50. The first-order valence-electron chi connectivity index (χ1n) is 5.86. The van der Waals surface area contributed by atoms with Crippen LogP contribution < -0.4 is 0 Å². The topological polar surface area (TPSA) is 31.9 Å². The van der Waals surface area contributed by atoms with E-state index in [1.165, 1.54) is 28.7 Å². The molecule has 0 aliphatic heterocycles. The molecular formula is C13H17N3. The molecule has 0 unspecified atom stereocenters. The summed E-state index contributed by atoms with van der Waals surface area (Å²) in [5.41, 5.74) is 5.18. The molecule has 2 heterocycles. The van der Waals surface area contributed by atoms with Crippen LogP contribution in [0.1, 0.15) is 17.7 Å². The molecule has 3 rings (SSSR count). The Morgan fingerprint density at radius 1 is 1.44 bits per heavy atom. The van der Waals surface area contributed by atoms with Crippen LogP contribution in [0.15, 0.2) is 18.3 Å². The molecule has 1 aliphatic carbocycles. The van der Waals surface area contributed by atoms with Gasteiger partial charge in [-0.1, -0.05) is 0 Å². The number of rotatable bonds is 1. The van der Waals surface area contributed by atoms with Gasteiger partial charge in [-0.25, -0.2) is 0 Å². The largest absolute Gasteiger partial charge is 0.357 e. The Balaban J connectivity index is 2.08. The van der Waals surface area contributed by atoms with E-state index in [0.29, 0.717) is 6.04 Å². The molecule has 0 bridgehead atoms. The minimum atomic E-state index is 0.661. The van der Waals surface area contributed by atoms with Crippen LogP contribution in [0.4, 0.5) is 0 Å². The van der Waals surface area contributed by atoms with Crippen molar-refractivity contribution in [2.45, 2.75) is 25.3 Å². The summed E-state index contributed by atoms with van der Waals surface area (Å²) in [6, 6.07) is 4.77. The van der Waals surface area contributed by atoms with Crippen molar-refractivity contribution >= 4 is 11.0 Å². The Labute approximate surface area is 95.5 Å². The van der Waals surface area contributed by atoms with E-state index in [4.69, 9.17) is 0 Å². The van der Waals surface area contributed by atoms with Crippen molar-refractivity contribution < 1.29 is 0 Å². The van der Waals surface area contributed by atoms with Gasteiger partial charge in [0.05, 0.1) is 11.0 Å². The van der Waals surface area contributed by atoms with Crippen LogP contribution >= 0.6 is 0 Å². The summed E-state index contributed by atoms with van der Waals surface area (Å²) in [4.78, 5) is 10.3. The molecule has 1 atom stereocenters. The molecule has 84 valence electrons. The third kappa shape index (κ3) is 1.43. The van der Waals surface area contributed by atoms with Crippen LogP contribution in [0.25, 0.3) is 11.0 Å². The first kappa shape index (κ1) is 9.85. The molecule has 3 nitrogen and oxygen atoms in total. The van der Waals surface area contributed by atoms with E-state index in [1.807, 2.05) is 12.3 Å². The Kier molecular flexibility index (Phi) is 2.21. The van der Waals surface area contributed by atoms with Crippen LogP contribution in [0, 0.1) is 0 Å². The first-order valence-corrected chi connectivity index (χ1v) is 5.86. The third-order valence-corrected chi connectivity index (χ3v) is 3.64. The van der Waals surface area contributed by atoms with E-state index < -0.39 is 0 Å². The number of aromatic nitrogens is 2. The lowest BCUT2D eigenvalue weighted by atomic mass is 9.92. The lowest BCUT2D eigenvalue weighted by molar-refractivity contribution is 0.268. The fraction of sp³-hybridized carbons (Fsp3) is 0.462. The molecule has 3 heteroatoms. The van der Waals surface area contributed by atoms with E-state index >= 15 is 0 Å². The maximum atomic E-state index is 4.50. The van der Waals surface area contributed by atoms with Gasteiger partial charge in [-0.2, -0.15) is 0 Å². The molecule has 0 aromatic carbocycles. The molecule has 0 saturated heterocycles. The molecule has 2 aromatic rings. The highest BCUT2D eigenvalue weighted by atomic mass is 15.1. The molecule has 1 N–H and O–H groups in total. The second-order valence-corrected chi connectivity index (χ2v) is 4.84. The second-order valence-electron chi connectivity index (χ2n) is 4.84. The molecule has 0 spiro atoms. The number of fused-ring (bicyclic) bond motifs is 3. The van der Waals surface area contributed by atoms with Crippen molar-refractivity contribution in [2.75, 3.05) is 14.1 Å². The van der Waals surface area contributed by atoms with Crippen molar-refractivity contribution in [1.29, 1.82) is 0 Å². The van der Waals surface area contributed by atoms with Crippen LogP contribution in [0.3, 0.4) is 0 Å². The number of H-pyrrole nitrogens is 1. The van der Waals surface area contributed by atoms with Gasteiger partial charge >= 0.3 is 0 Å². The lowest BCUT2D eigenvalue weighted by Crippen LogP contribution is -2.33. The van der Waals surface area contributed by atoms with Crippen LogP contribution in [0.5, 0.6) is 0 Å². The Hall–Kier alpha value is -1.35. The van der Waals surface area contributed by atoms with Gasteiger partial charge in [-0.05, 0) is 45.5 Å². The molecule has 0 amide bonds. The highest BCUT2D eigenvalue weighted by Gasteiger charge is 2.23. The fourth-order valence-electron chi connectivity index (χ4n) is 2.65. The maximum Gasteiger partial charge on any atom is 0.0914 e. The number of hydrogen-bond donors (Lipinski definition) is 1. The van der Waals surface area contributed by atoms with E-state index in [1.54, 1.807) is 0 Å². The lowest BCUT2D eigenvalue weighted by Gasteiger charge is -2.28. The van der Waals surface area contributed by atoms with Crippen LogP contribution in [-0.2, 0) is 12.8 Å². The van der Waals surface area contributed by atoms with Crippen molar-refractivity contribution in [3.63, 3.8) is 0 Å². The SMILES string of the molecule is CN(C)[C@H]1CCc2[nH]c3cccnc3c2C1. The number of hydrogen-bond acceptors (Lipinski definition) is 2. The number of nitrogens with one attached hydrogen (secondary N) is 1. The predicted octanol–water partition coefficient (Wildman–Crippen LogP) is 1.98. The average molecular weight is 215 g/mol. The van der Waals surface area contributed by atoms with Gasteiger partial charge in [0.1, 0.15) is 0 Å². The highest BCUT2D eigenvalue weighted by Crippen LogP contribution is 2.28. The van der Waals surface area contributed by atoms with Gasteiger partial charge in [0, 0.05) is 23.5 Å². The number of likely N-dealkylation sites (N-methyl/N-ethyl adjacent to an activating group) is 1. The summed E-state index contributed by atoms with van der Waals surface area (Å²) < 4.78 is 0. The smallest absolute Gasteiger partial charge is 0.0914 e. The summed E-state index contributed by atoms with van der Waals surface area (Å²) in [6.45, 7) is 0. The third-order valence-electron chi connectivity index (χ3n) is 3.64. The zero-order valence-corrected chi connectivity index (χ0v) is 9.83. The number of aryl methyl sites for hydroxylation is 1. The molecule has 0 fully saturated rings. The van der Waals surface area contributed by atoms with E-state index in [0.717, 1.165) is 12.8 Å². The van der Waals surface area contributed by atoms with Gasteiger partial charge in [0.15, 0.2) is 0 Å².